The number of benzene rings is 1. The van der Waals surface area contributed by atoms with E-state index in [1.54, 1.807) is 9.58 Å². The topological polar surface area (TPSA) is 76.5 Å². The van der Waals surface area contributed by atoms with Gasteiger partial charge in [0, 0.05) is 32.1 Å². The number of nitrogens with zero attached hydrogens (tertiary/aromatic N) is 3. The molecule has 1 aromatic heterocycles. The van der Waals surface area contributed by atoms with Gasteiger partial charge in [-0.05, 0) is 49.6 Å². The van der Waals surface area contributed by atoms with Gasteiger partial charge in [0.1, 0.15) is 17.3 Å². The average molecular weight is 386 g/mol. The van der Waals surface area contributed by atoms with E-state index in [4.69, 9.17) is 4.74 Å². The lowest BCUT2D eigenvalue weighted by atomic mass is 9.94. The van der Waals surface area contributed by atoms with E-state index in [-0.39, 0.29) is 30.2 Å². The summed E-state index contributed by atoms with van der Waals surface area (Å²) in [6.07, 6.45) is 2.66. The molecule has 1 unspecified atom stereocenters. The minimum absolute atomic E-state index is 0.0829. The van der Waals surface area contributed by atoms with E-state index in [1.807, 2.05) is 6.07 Å². The van der Waals surface area contributed by atoms with Crippen LogP contribution in [-0.4, -0.2) is 52.7 Å². The van der Waals surface area contributed by atoms with Crippen LogP contribution in [0.2, 0.25) is 0 Å². The molecule has 1 atom stereocenters. The van der Waals surface area contributed by atoms with Crippen molar-refractivity contribution in [3.05, 3.63) is 47.5 Å². The molecule has 1 fully saturated rings. The third kappa shape index (κ3) is 4.00. The number of carbonyl (C=O) groups excluding carboxylic acids is 2. The second-order valence-corrected chi connectivity index (χ2v) is 7.21. The Bertz CT molecular complexity index is 865. The first kappa shape index (κ1) is 18.5. The molecule has 2 aliphatic rings. The van der Waals surface area contributed by atoms with E-state index in [0.29, 0.717) is 31.1 Å². The molecule has 2 amide bonds. The lowest BCUT2D eigenvalue weighted by molar-refractivity contribution is -0.134. The summed E-state index contributed by atoms with van der Waals surface area (Å²) in [6.45, 7) is 2.53. The summed E-state index contributed by atoms with van der Waals surface area (Å²) in [4.78, 5) is 26.5. The highest BCUT2D eigenvalue weighted by molar-refractivity contribution is 5.92. The Hall–Kier alpha value is -2.90. The van der Waals surface area contributed by atoms with Crippen LogP contribution in [0.25, 0.3) is 0 Å². The zero-order valence-electron chi connectivity index (χ0n) is 15.6. The van der Waals surface area contributed by atoms with Crippen LogP contribution < -0.4 is 10.1 Å². The van der Waals surface area contributed by atoms with E-state index in [9.17, 15) is 14.0 Å². The van der Waals surface area contributed by atoms with Gasteiger partial charge in [0.15, 0.2) is 6.61 Å². The standard InChI is InChI=1S/C20H23FN4O3/c21-15-4-6-16(7-5-15)28-13-19(26)24-9-1-3-14(12-24)17-11-18-20(27)22-8-2-10-25(18)23-17/h4-7,11,14H,1-3,8-10,12-13H2,(H,22,27). The molecule has 1 saturated heterocycles. The lowest BCUT2D eigenvalue weighted by Crippen LogP contribution is -2.41. The predicted octanol–water partition coefficient (Wildman–Crippen LogP) is 1.94. The van der Waals surface area contributed by atoms with Crippen molar-refractivity contribution < 1.29 is 18.7 Å². The molecule has 0 aliphatic carbocycles. The first-order valence-corrected chi connectivity index (χ1v) is 9.62. The highest BCUT2D eigenvalue weighted by Crippen LogP contribution is 2.27. The number of hydrogen-bond acceptors (Lipinski definition) is 4. The van der Waals surface area contributed by atoms with E-state index in [1.165, 1.54) is 24.3 Å². The fourth-order valence-corrected chi connectivity index (χ4v) is 3.72. The first-order chi connectivity index (χ1) is 13.6. The number of amides is 2. The number of rotatable bonds is 4. The summed E-state index contributed by atoms with van der Waals surface area (Å²) in [7, 11) is 0. The van der Waals surface area contributed by atoms with Crippen LogP contribution in [0, 0.1) is 5.82 Å². The zero-order valence-corrected chi connectivity index (χ0v) is 15.6. The van der Waals surface area contributed by atoms with Crippen molar-refractivity contribution in [2.24, 2.45) is 0 Å². The number of aromatic nitrogens is 2. The minimum atomic E-state index is -0.343. The van der Waals surface area contributed by atoms with E-state index in [2.05, 4.69) is 10.4 Å². The van der Waals surface area contributed by atoms with Gasteiger partial charge >= 0.3 is 0 Å². The molecule has 0 radical (unpaired) electrons. The van der Waals surface area contributed by atoms with Gasteiger partial charge < -0.3 is 15.0 Å². The van der Waals surface area contributed by atoms with Gasteiger partial charge in [-0.2, -0.15) is 5.10 Å². The smallest absolute Gasteiger partial charge is 0.269 e. The van der Waals surface area contributed by atoms with Crippen LogP contribution in [0.15, 0.2) is 30.3 Å². The van der Waals surface area contributed by atoms with Gasteiger partial charge in [0.25, 0.3) is 11.8 Å². The molecule has 8 heteroatoms. The molecule has 28 heavy (non-hydrogen) atoms. The minimum Gasteiger partial charge on any atom is -0.484 e. The molecule has 0 bridgehead atoms. The number of carbonyl (C=O) groups is 2. The van der Waals surface area contributed by atoms with Crippen LogP contribution in [0.1, 0.15) is 41.4 Å². The summed E-state index contributed by atoms with van der Waals surface area (Å²) >= 11 is 0. The van der Waals surface area contributed by atoms with Crippen LogP contribution in [0.4, 0.5) is 4.39 Å². The summed E-state index contributed by atoms with van der Waals surface area (Å²) < 4.78 is 20.2. The van der Waals surface area contributed by atoms with Gasteiger partial charge in [-0.25, -0.2) is 4.39 Å². The molecule has 2 aliphatic heterocycles. The SMILES string of the molecule is O=C1NCCCn2nc(C3CCCN(C(=O)COc4ccc(F)cc4)C3)cc21. The highest BCUT2D eigenvalue weighted by atomic mass is 19.1. The van der Waals surface area contributed by atoms with Crippen molar-refractivity contribution in [1.29, 1.82) is 0 Å². The van der Waals surface area contributed by atoms with Crippen LogP contribution >= 0.6 is 0 Å². The van der Waals surface area contributed by atoms with E-state index < -0.39 is 0 Å². The van der Waals surface area contributed by atoms with E-state index >= 15 is 0 Å². The monoisotopic (exact) mass is 386 g/mol. The summed E-state index contributed by atoms with van der Waals surface area (Å²) in [5, 5.41) is 7.51. The zero-order chi connectivity index (χ0) is 19.5. The molecular formula is C20H23FN4O3. The second kappa shape index (κ2) is 8.00. The van der Waals surface area contributed by atoms with Crippen LogP contribution in [0.3, 0.4) is 0 Å². The number of piperidine rings is 1. The van der Waals surface area contributed by atoms with Crippen molar-refractivity contribution in [1.82, 2.24) is 20.0 Å². The third-order valence-electron chi connectivity index (χ3n) is 5.23. The Labute approximate surface area is 162 Å². The van der Waals surface area contributed by atoms with Crippen molar-refractivity contribution in [3.8, 4) is 5.75 Å². The molecule has 1 N–H and O–H groups in total. The van der Waals surface area contributed by atoms with Crippen LogP contribution in [-0.2, 0) is 11.3 Å². The van der Waals surface area contributed by atoms with Crippen molar-refractivity contribution >= 4 is 11.8 Å². The van der Waals surface area contributed by atoms with Gasteiger partial charge in [-0.3, -0.25) is 14.3 Å². The number of halogens is 1. The number of hydrogen-bond donors (Lipinski definition) is 1. The Kier molecular flexibility index (Phi) is 5.27. The number of aryl methyl sites for hydroxylation is 1. The quantitative estimate of drug-likeness (QED) is 0.871. The molecule has 1 aromatic carbocycles. The summed E-state index contributed by atoms with van der Waals surface area (Å²) in [5.74, 6) is 0.0350. The summed E-state index contributed by atoms with van der Waals surface area (Å²) in [6, 6.07) is 7.47. The largest absolute Gasteiger partial charge is 0.484 e. The Balaban J connectivity index is 1.39. The number of nitrogens with one attached hydrogen (secondary N) is 1. The predicted molar refractivity (Wildman–Crippen MR) is 99.6 cm³/mol. The maximum Gasteiger partial charge on any atom is 0.269 e. The maximum atomic E-state index is 12.9. The Morgan fingerprint density at radius 3 is 2.89 bits per heavy atom. The number of fused-ring (bicyclic) bond motifs is 1. The molecule has 7 nitrogen and oxygen atoms in total. The average Bonchev–Trinajstić information content (AvgIpc) is 3.07. The van der Waals surface area contributed by atoms with Gasteiger partial charge in [0.2, 0.25) is 0 Å². The highest BCUT2D eigenvalue weighted by Gasteiger charge is 2.28. The third-order valence-corrected chi connectivity index (χ3v) is 5.23. The molecule has 148 valence electrons. The normalized spacial score (nSPS) is 19.5. The van der Waals surface area contributed by atoms with E-state index in [0.717, 1.165) is 31.5 Å². The number of likely N-dealkylation sites (tertiary alicyclic amines) is 1. The van der Waals surface area contributed by atoms with Crippen molar-refractivity contribution in [2.45, 2.75) is 31.7 Å². The molecular weight excluding hydrogens is 363 g/mol. The summed E-state index contributed by atoms with van der Waals surface area (Å²) in [5.41, 5.74) is 1.46. The van der Waals surface area contributed by atoms with Gasteiger partial charge in [0.05, 0.1) is 5.69 Å². The molecule has 0 saturated carbocycles. The fraction of sp³-hybridized carbons (Fsp3) is 0.450. The van der Waals surface area contributed by atoms with Gasteiger partial charge in [-0.1, -0.05) is 0 Å². The second-order valence-electron chi connectivity index (χ2n) is 7.21. The first-order valence-electron chi connectivity index (χ1n) is 9.62. The fourth-order valence-electron chi connectivity index (χ4n) is 3.72. The lowest BCUT2D eigenvalue weighted by Gasteiger charge is -2.32. The Morgan fingerprint density at radius 1 is 1.25 bits per heavy atom. The molecule has 3 heterocycles. The maximum absolute atomic E-state index is 12.9. The molecule has 0 spiro atoms. The number of ether oxygens (including phenoxy) is 1. The van der Waals surface area contributed by atoms with Crippen LogP contribution in [0.5, 0.6) is 5.75 Å². The van der Waals surface area contributed by atoms with Crippen molar-refractivity contribution in [3.63, 3.8) is 0 Å². The molecule has 4 rings (SSSR count). The van der Waals surface area contributed by atoms with Gasteiger partial charge in [-0.15, -0.1) is 0 Å². The molecule has 2 aromatic rings. The Morgan fingerprint density at radius 2 is 2.07 bits per heavy atom. The van der Waals surface area contributed by atoms with Crippen molar-refractivity contribution in [2.75, 3.05) is 26.2 Å².